The number of rotatable bonds is 4. The van der Waals surface area contributed by atoms with Crippen molar-refractivity contribution >= 4 is 17.5 Å². The predicted molar refractivity (Wildman–Crippen MR) is 94.8 cm³/mol. The van der Waals surface area contributed by atoms with Gasteiger partial charge in [0.15, 0.2) is 0 Å². The van der Waals surface area contributed by atoms with E-state index in [0.717, 1.165) is 16.8 Å². The zero-order valence-corrected chi connectivity index (χ0v) is 14.2. The fourth-order valence-corrected chi connectivity index (χ4v) is 3.44. The summed E-state index contributed by atoms with van der Waals surface area (Å²) in [5.74, 6) is -0.154. The molecule has 2 aromatic rings. The fraction of sp³-hybridized carbons (Fsp3) is 0.300. The number of nitrogens with zero attached hydrogens (tertiary/aromatic N) is 1. The molecule has 1 aliphatic heterocycles. The number of benzene rings is 2. The van der Waals surface area contributed by atoms with Crippen LogP contribution in [0, 0.1) is 0 Å². The fourth-order valence-electron chi connectivity index (χ4n) is 3.44. The SMILES string of the molecule is C[C@@H](NC(=O)C[C@]1(C)C(=O)N(C)c2ccccc21)c1ccccc1. The van der Waals surface area contributed by atoms with Crippen molar-refractivity contribution in [3.63, 3.8) is 0 Å². The van der Waals surface area contributed by atoms with Gasteiger partial charge in [-0.15, -0.1) is 0 Å². The van der Waals surface area contributed by atoms with Gasteiger partial charge in [-0.3, -0.25) is 9.59 Å². The molecule has 1 heterocycles. The van der Waals surface area contributed by atoms with E-state index in [1.54, 1.807) is 11.9 Å². The largest absolute Gasteiger partial charge is 0.350 e. The maximum absolute atomic E-state index is 12.7. The summed E-state index contributed by atoms with van der Waals surface area (Å²) >= 11 is 0. The molecule has 2 atom stereocenters. The number of fused-ring (bicyclic) bond motifs is 1. The van der Waals surface area contributed by atoms with Crippen molar-refractivity contribution in [2.75, 3.05) is 11.9 Å². The highest BCUT2D eigenvalue weighted by Crippen LogP contribution is 2.42. The van der Waals surface area contributed by atoms with E-state index in [4.69, 9.17) is 0 Å². The molecule has 124 valence electrons. The van der Waals surface area contributed by atoms with E-state index < -0.39 is 5.41 Å². The molecule has 0 saturated carbocycles. The molecule has 2 amide bonds. The summed E-state index contributed by atoms with van der Waals surface area (Å²) in [7, 11) is 1.76. The third-order valence-corrected chi connectivity index (χ3v) is 4.83. The first-order valence-corrected chi connectivity index (χ1v) is 8.15. The van der Waals surface area contributed by atoms with Gasteiger partial charge in [-0.05, 0) is 31.0 Å². The van der Waals surface area contributed by atoms with Crippen LogP contribution in [0.1, 0.15) is 37.4 Å². The summed E-state index contributed by atoms with van der Waals surface area (Å²) in [6.45, 7) is 3.80. The molecule has 4 nitrogen and oxygen atoms in total. The first kappa shape index (κ1) is 16.2. The van der Waals surface area contributed by atoms with Crippen LogP contribution in [0.3, 0.4) is 0 Å². The number of likely N-dealkylation sites (N-methyl/N-ethyl adjacent to an activating group) is 1. The number of carbonyl (C=O) groups excluding carboxylic acids is 2. The molecule has 1 N–H and O–H groups in total. The average molecular weight is 322 g/mol. The van der Waals surface area contributed by atoms with Gasteiger partial charge < -0.3 is 10.2 Å². The van der Waals surface area contributed by atoms with E-state index in [1.165, 1.54) is 0 Å². The molecule has 2 aromatic carbocycles. The topological polar surface area (TPSA) is 49.4 Å². The Bertz CT molecular complexity index is 772. The first-order chi connectivity index (χ1) is 11.4. The van der Waals surface area contributed by atoms with Gasteiger partial charge >= 0.3 is 0 Å². The van der Waals surface area contributed by atoms with Crippen LogP contribution in [0.15, 0.2) is 54.6 Å². The Balaban J connectivity index is 1.78. The highest BCUT2D eigenvalue weighted by molar-refractivity contribution is 6.09. The molecule has 0 saturated heterocycles. The quantitative estimate of drug-likeness (QED) is 0.940. The number of anilines is 1. The molecule has 0 unspecified atom stereocenters. The average Bonchev–Trinajstić information content (AvgIpc) is 2.78. The lowest BCUT2D eigenvalue weighted by Crippen LogP contribution is -2.41. The predicted octanol–water partition coefficient (Wildman–Crippen LogP) is 3.19. The number of amides is 2. The Morgan fingerprint density at radius 3 is 2.46 bits per heavy atom. The summed E-state index contributed by atoms with van der Waals surface area (Å²) in [6, 6.07) is 17.4. The van der Waals surface area contributed by atoms with E-state index in [-0.39, 0.29) is 24.3 Å². The van der Waals surface area contributed by atoms with Crippen molar-refractivity contribution in [2.24, 2.45) is 0 Å². The van der Waals surface area contributed by atoms with Crippen LogP contribution in [-0.4, -0.2) is 18.9 Å². The summed E-state index contributed by atoms with van der Waals surface area (Å²) in [6.07, 6.45) is 0.143. The zero-order chi connectivity index (χ0) is 17.3. The first-order valence-electron chi connectivity index (χ1n) is 8.15. The maximum atomic E-state index is 12.7. The highest BCUT2D eigenvalue weighted by atomic mass is 16.2. The molecule has 0 bridgehead atoms. The second-order valence-electron chi connectivity index (χ2n) is 6.59. The van der Waals surface area contributed by atoms with Crippen LogP contribution in [0.25, 0.3) is 0 Å². The Hall–Kier alpha value is -2.62. The minimum Gasteiger partial charge on any atom is -0.350 e. The zero-order valence-electron chi connectivity index (χ0n) is 14.2. The number of nitrogens with one attached hydrogen (secondary N) is 1. The highest BCUT2D eigenvalue weighted by Gasteiger charge is 2.47. The number of para-hydroxylation sites is 1. The normalized spacial score (nSPS) is 20.6. The molecule has 0 spiro atoms. The van der Waals surface area contributed by atoms with Crippen molar-refractivity contribution in [1.82, 2.24) is 5.32 Å². The molecule has 0 aliphatic carbocycles. The summed E-state index contributed by atoms with van der Waals surface area (Å²) in [5.41, 5.74) is 2.03. The summed E-state index contributed by atoms with van der Waals surface area (Å²) in [5, 5.41) is 3.00. The van der Waals surface area contributed by atoms with E-state index in [0.29, 0.717) is 0 Å². The molecule has 0 aromatic heterocycles. The van der Waals surface area contributed by atoms with Crippen molar-refractivity contribution in [3.05, 3.63) is 65.7 Å². The number of hydrogen-bond acceptors (Lipinski definition) is 2. The van der Waals surface area contributed by atoms with Crippen LogP contribution in [0.2, 0.25) is 0 Å². The lowest BCUT2D eigenvalue weighted by Gasteiger charge is -2.24. The van der Waals surface area contributed by atoms with E-state index in [9.17, 15) is 9.59 Å². The van der Waals surface area contributed by atoms with Crippen LogP contribution in [0.4, 0.5) is 5.69 Å². The molecule has 0 fully saturated rings. The van der Waals surface area contributed by atoms with Gasteiger partial charge in [0.05, 0.1) is 11.5 Å². The second kappa shape index (κ2) is 6.11. The Morgan fingerprint density at radius 2 is 1.75 bits per heavy atom. The van der Waals surface area contributed by atoms with Crippen molar-refractivity contribution < 1.29 is 9.59 Å². The van der Waals surface area contributed by atoms with Crippen LogP contribution >= 0.6 is 0 Å². The smallest absolute Gasteiger partial charge is 0.237 e. The van der Waals surface area contributed by atoms with Crippen molar-refractivity contribution in [2.45, 2.75) is 31.7 Å². The minimum absolute atomic E-state index is 0.0359. The second-order valence-corrected chi connectivity index (χ2v) is 6.59. The van der Waals surface area contributed by atoms with Crippen LogP contribution in [-0.2, 0) is 15.0 Å². The maximum Gasteiger partial charge on any atom is 0.237 e. The van der Waals surface area contributed by atoms with E-state index in [1.807, 2.05) is 68.4 Å². The molecule has 24 heavy (non-hydrogen) atoms. The van der Waals surface area contributed by atoms with Gasteiger partial charge in [-0.2, -0.15) is 0 Å². The number of hydrogen-bond donors (Lipinski definition) is 1. The summed E-state index contributed by atoms with van der Waals surface area (Å²) < 4.78 is 0. The molecular weight excluding hydrogens is 300 g/mol. The molecular formula is C20H22N2O2. The van der Waals surface area contributed by atoms with Crippen LogP contribution in [0.5, 0.6) is 0 Å². The third kappa shape index (κ3) is 2.68. The number of carbonyl (C=O) groups is 2. The standard InChI is InChI=1S/C20H22N2O2/c1-14(15-9-5-4-6-10-15)21-18(23)13-20(2)16-11-7-8-12-17(16)22(3)19(20)24/h4-12,14H,13H2,1-3H3,(H,21,23)/t14-,20+/m1/s1. The Kier molecular flexibility index (Phi) is 4.14. The molecule has 1 aliphatic rings. The lowest BCUT2D eigenvalue weighted by atomic mass is 9.80. The van der Waals surface area contributed by atoms with Crippen LogP contribution < -0.4 is 10.2 Å². The monoisotopic (exact) mass is 322 g/mol. The Labute approximate surface area is 142 Å². The van der Waals surface area contributed by atoms with Gasteiger partial charge in [0.25, 0.3) is 0 Å². The van der Waals surface area contributed by atoms with Gasteiger partial charge in [0.1, 0.15) is 0 Å². The minimum atomic E-state index is -0.814. The van der Waals surface area contributed by atoms with Crippen molar-refractivity contribution in [1.29, 1.82) is 0 Å². The van der Waals surface area contributed by atoms with E-state index in [2.05, 4.69) is 5.32 Å². The lowest BCUT2D eigenvalue weighted by molar-refractivity contribution is -0.129. The third-order valence-electron chi connectivity index (χ3n) is 4.83. The van der Waals surface area contributed by atoms with Gasteiger partial charge in [0.2, 0.25) is 11.8 Å². The van der Waals surface area contributed by atoms with Gasteiger partial charge in [0, 0.05) is 19.2 Å². The molecule has 4 heteroatoms. The molecule has 0 radical (unpaired) electrons. The Morgan fingerprint density at radius 1 is 1.12 bits per heavy atom. The van der Waals surface area contributed by atoms with Crippen molar-refractivity contribution in [3.8, 4) is 0 Å². The molecule has 3 rings (SSSR count). The van der Waals surface area contributed by atoms with Gasteiger partial charge in [-0.1, -0.05) is 48.5 Å². The van der Waals surface area contributed by atoms with E-state index >= 15 is 0 Å². The summed E-state index contributed by atoms with van der Waals surface area (Å²) in [4.78, 5) is 26.9. The van der Waals surface area contributed by atoms with Gasteiger partial charge in [-0.25, -0.2) is 0 Å².